The van der Waals surface area contributed by atoms with E-state index in [0.717, 1.165) is 17.7 Å². The third-order valence-corrected chi connectivity index (χ3v) is 5.46. The van der Waals surface area contributed by atoms with E-state index in [9.17, 15) is 18.0 Å². The summed E-state index contributed by atoms with van der Waals surface area (Å²) in [6, 6.07) is 14.1. The van der Waals surface area contributed by atoms with Gasteiger partial charge in [-0.15, -0.1) is 0 Å². The highest BCUT2D eigenvalue weighted by atomic mass is 35.5. The summed E-state index contributed by atoms with van der Waals surface area (Å²) >= 11 is 6.10. The third-order valence-electron chi connectivity index (χ3n) is 5.25. The summed E-state index contributed by atoms with van der Waals surface area (Å²) in [5.74, 6) is 0.725. The summed E-state index contributed by atoms with van der Waals surface area (Å²) < 4.78 is 45.3. The first-order valence-corrected chi connectivity index (χ1v) is 11.8. The van der Waals surface area contributed by atoms with Gasteiger partial charge in [-0.05, 0) is 62.6 Å². The Kier molecular flexibility index (Phi) is 8.51. The van der Waals surface area contributed by atoms with E-state index in [1.54, 1.807) is 18.0 Å². The van der Waals surface area contributed by atoms with Gasteiger partial charge in [0.15, 0.2) is 0 Å². The molecule has 192 valence electrons. The van der Waals surface area contributed by atoms with E-state index in [-0.39, 0.29) is 36.6 Å². The number of hydrogen-bond donors (Lipinski definition) is 1. The molecular weight excluding hydrogens is 491 g/mol. The first-order valence-electron chi connectivity index (χ1n) is 11.4. The zero-order chi connectivity index (χ0) is 26.5. The molecule has 0 aliphatic heterocycles. The van der Waals surface area contributed by atoms with Gasteiger partial charge in [0.05, 0.1) is 16.1 Å². The van der Waals surface area contributed by atoms with Gasteiger partial charge in [-0.3, -0.25) is 4.79 Å². The van der Waals surface area contributed by atoms with E-state index in [2.05, 4.69) is 10.3 Å². The fourth-order valence-electron chi connectivity index (χ4n) is 3.63. The van der Waals surface area contributed by atoms with Crippen LogP contribution in [0.2, 0.25) is 5.02 Å². The van der Waals surface area contributed by atoms with E-state index >= 15 is 0 Å². The third kappa shape index (κ3) is 7.62. The Hall–Kier alpha value is -3.26. The van der Waals surface area contributed by atoms with Crippen molar-refractivity contribution < 1.29 is 22.7 Å². The zero-order valence-electron chi connectivity index (χ0n) is 20.6. The average Bonchev–Trinajstić information content (AvgIpc) is 2.81. The number of pyridine rings is 1. The molecule has 2 aromatic carbocycles. The lowest BCUT2D eigenvalue weighted by atomic mass is 10.1. The Bertz CT molecular complexity index is 1190. The number of nitrogens with zero attached hydrogens (tertiary/aromatic N) is 2. The first kappa shape index (κ1) is 27.3. The number of alkyl halides is 3. The number of benzene rings is 2. The summed E-state index contributed by atoms with van der Waals surface area (Å²) in [7, 11) is 1.65. The van der Waals surface area contributed by atoms with E-state index in [0.29, 0.717) is 22.2 Å². The fourth-order valence-corrected chi connectivity index (χ4v) is 3.79. The number of nitrogens with one attached hydrogen (secondary N) is 1. The van der Waals surface area contributed by atoms with E-state index in [1.807, 2.05) is 45.0 Å². The van der Waals surface area contributed by atoms with Gasteiger partial charge in [-0.25, -0.2) is 4.98 Å². The molecule has 0 saturated carbocycles. The van der Waals surface area contributed by atoms with Crippen LogP contribution in [0.25, 0.3) is 0 Å². The summed E-state index contributed by atoms with van der Waals surface area (Å²) in [5.41, 5.74) is 0.534. The highest BCUT2D eigenvalue weighted by Gasteiger charge is 2.30. The highest BCUT2D eigenvalue weighted by Crippen LogP contribution is 2.30. The molecule has 0 aliphatic carbocycles. The molecule has 0 aliphatic rings. The number of anilines is 1. The predicted octanol–water partition coefficient (Wildman–Crippen LogP) is 6.86. The number of hydrogen-bond acceptors (Lipinski definition) is 4. The van der Waals surface area contributed by atoms with Gasteiger partial charge in [0, 0.05) is 26.3 Å². The Morgan fingerprint density at radius 1 is 1.06 bits per heavy atom. The van der Waals surface area contributed by atoms with Gasteiger partial charge in [0.2, 0.25) is 0 Å². The molecule has 1 N–H and O–H groups in total. The lowest BCUT2D eigenvalue weighted by molar-refractivity contribution is -0.137. The lowest BCUT2D eigenvalue weighted by Gasteiger charge is -2.25. The predicted molar refractivity (Wildman–Crippen MR) is 136 cm³/mol. The van der Waals surface area contributed by atoms with E-state index in [4.69, 9.17) is 16.3 Å². The molecule has 9 heteroatoms. The molecule has 3 aromatic rings. The molecule has 0 spiro atoms. The molecular formula is C27H29ClF3N3O2. The normalized spacial score (nSPS) is 11.8. The number of carbonyl (C=O) groups excluding carboxylic acids is 1. The van der Waals surface area contributed by atoms with Crippen LogP contribution in [0.3, 0.4) is 0 Å². The zero-order valence-corrected chi connectivity index (χ0v) is 21.4. The molecule has 1 amide bonds. The quantitative estimate of drug-likeness (QED) is 0.353. The second-order valence-corrected chi connectivity index (χ2v) is 9.77. The molecule has 5 nitrogen and oxygen atoms in total. The van der Waals surface area contributed by atoms with Crippen LogP contribution in [0.1, 0.15) is 47.8 Å². The van der Waals surface area contributed by atoms with Crippen LogP contribution in [0, 0.1) is 0 Å². The maximum atomic E-state index is 13.6. The van der Waals surface area contributed by atoms with Crippen LogP contribution >= 0.6 is 11.6 Å². The average molecular weight is 520 g/mol. The molecule has 0 unspecified atom stereocenters. The maximum Gasteiger partial charge on any atom is 0.416 e. The van der Waals surface area contributed by atoms with Crippen LogP contribution in [0.15, 0.2) is 60.8 Å². The van der Waals surface area contributed by atoms with Crippen molar-refractivity contribution in [1.82, 2.24) is 9.88 Å². The smallest absolute Gasteiger partial charge is 0.416 e. The minimum absolute atomic E-state index is 0.191. The second-order valence-electron chi connectivity index (χ2n) is 9.33. The number of amides is 1. The molecule has 1 aromatic heterocycles. The Balaban J connectivity index is 1.87. The monoisotopic (exact) mass is 519 g/mol. The van der Waals surface area contributed by atoms with Crippen molar-refractivity contribution >= 4 is 23.3 Å². The van der Waals surface area contributed by atoms with Crippen molar-refractivity contribution in [3.05, 3.63) is 88.1 Å². The summed E-state index contributed by atoms with van der Waals surface area (Å²) in [6.07, 6.45) is -2.76. The summed E-state index contributed by atoms with van der Waals surface area (Å²) in [6.45, 7) is 6.29. The number of rotatable bonds is 8. The van der Waals surface area contributed by atoms with Gasteiger partial charge < -0.3 is 15.0 Å². The van der Waals surface area contributed by atoms with Gasteiger partial charge in [0.25, 0.3) is 5.91 Å². The highest BCUT2D eigenvalue weighted by molar-refractivity contribution is 6.31. The van der Waals surface area contributed by atoms with Crippen molar-refractivity contribution in [1.29, 1.82) is 0 Å². The van der Waals surface area contributed by atoms with Crippen molar-refractivity contribution in [2.45, 2.75) is 45.5 Å². The van der Waals surface area contributed by atoms with Gasteiger partial charge in [-0.1, -0.05) is 41.9 Å². The van der Waals surface area contributed by atoms with Gasteiger partial charge in [-0.2, -0.15) is 13.2 Å². The minimum atomic E-state index is -4.43. The van der Waals surface area contributed by atoms with Crippen LogP contribution < -0.4 is 10.1 Å². The maximum absolute atomic E-state index is 13.6. The SMILES string of the molecule is CNc1ncc(Cl)cc1C(=O)N(CCc1cccc(C(F)(F)F)c1)Cc1ccc(OC(C)(C)C)cc1. The largest absolute Gasteiger partial charge is 0.488 e. The van der Waals surface area contributed by atoms with Gasteiger partial charge in [0.1, 0.15) is 17.2 Å². The number of halogens is 4. The molecule has 0 saturated heterocycles. The first-order chi connectivity index (χ1) is 16.9. The van der Waals surface area contributed by atoms with Crippen LogP contribution in [-0.2, 0) is 19.1 Å². The molecule has 0 bridgehead atoms. The van der Waals surface area contributed by atoms with Crippen LogP contribution in [0.4, 0.5) is 19.0 Å². The second kappa shape index (κ2) is 11.2. The van der Waals surface area contributed by atoms with Crippen molar-refractivity contribution in [2.75, 3.05) is 18.9 Å². The Morgan fingerprint density at radius 2 is 1.75 bits per heavy atom. The van der Waals surface area contributed by atoms with E-state index < -0.39 is 11.7 Å². The van der Waals surface area contributed by atoms with Crippen molar-refractivity contribution in [3.8, 4) is 5.75 Å². The molecule has 0 fully saturated rings. The minimum Gasteiger partial charge on any atom is -0.488 e. The Labute approximate surface area is 214 Å². The number of aromatic nitrogens is 1. The molecule has 36 heavy (non-hydrogen) atoms. The summed E-state index contributed by atoms with van der Waals surface area (Å²) in [5, 5.41) is 3.20. The van der Waals surface area contributed by atoms with E-state index in [1.165, 1.54) is 18.3 Å². The number of carbonyl (C=O) groups is 1. The lowest BCUT2D eigenvalue weighted by Crippen LogP contribution is -2.33. The van der Waals surface area contributed by atoms with Gasteiger partial charge >= 0.3 is 6.18 Å². The van der Waals surface area contributed by atoms with Crippen molar-refractivity contribution in [3.63, 3.8) is 0 Å². The fraction of sp³-hybridized carbons (Fsp3) is 0.333. The number of ether oxygens (including phenoxy) is 1. The standard InChI is InChI=1S/C27H29ClF3N3O2/c1-26(2,3)36-22-10-8-19(9-11-22)17-34(25(35)23-15-21(28)16-33-24(23)32-4)13-12-18-6-5-7-20(14-18)27(29,30)31/h5-11,14-16H,12-13,17H2,1-4H3,(H,32,33). The van der Waals surface area contributed by atoms with Crippen LogP contribution in [-0.4, -0.2) is 35.0 Å². The van der Waals surface area contributed by atoms with Crippen molar-refractivity contribution in [2.24, 2.45) is 0 Å². The Morgan fingerprint density at radius 3 is 2.36 bits per heavy atom. The molecule has 0 radical (unpaired) electrons. The molecule has 3 rings (SSSR count). The summed E-state index contributed by atoms with van der Waals surface area (Å²) in [4.78, 5) is 19.3. The molecule has 1 heterocycles. The topological polar surface area (TPSA) is 54.5 Å². The van der Waals surface area contributed by atoms with Crippen LogP contribution in [0.5, 0.6) is 5.75 Å². The molecule has 0 atom stereocenters.